The third-order valence-corrected chi connectivity index (χ3v) is 3.80. The molecule has 2 rings (SSSR count). The van der Waals surface area contributed by atoms with Gasteiger partial charge in [-0.3, -0.25) is 0 Å². The molecule has 0 aromatic carbocycles. The van der Waals surface area contributed by atoms with Gasteiger partial charge in [0.05, 0.1) is 14.0 Å². The first-order valence-electron chi connectivity index (χ1n) is 4.92. The maximum atomic E-state index is 5.88. The number of hydrogen-bond acceptors (Lipinski definition) is 4. The number of thiophene rings is 1. The van der Waals surface area contributed by atoms with Crippen LogP contribution in [-0.2, 0) is 0 Å². The lowest BCUT2D eigenvalue weighted by Gasteiger charge is -2.08. The lowest BCUT2D eigenvalue weighted by molar-refractivity contribution is 0.687. The molecular formula is C10H11BrClN3S. The van der Waals surface area contributed by atoms with Crippen LogP contribution in [0.1, 0.15) is 13.8 Å². The number of hydrogen-bond donors (Lipinski definition) is 1. The summed E-state index contributed by atoms with van der Waals surface area (Å²) in [6.07, 6.45) is 0. The Hall–Kier alpha value is -0.390. The highest BCUT2D eigenvalue weighted by Gasteiger charge is 2.10. The Morgan fingerprint density at radius 1 is 1.50 bits per heavy atom. The average Bonchev–Trinajstić information content (AvgIpc) is 2.54. The van der Waals surface area contributed by atoms with Crippen LogP contribution in [0.25, 0.3) is 10.2 Å². The molecule has 0 aliphatic rings. The van der Waals surface area contributed by atoms with Crippen LogP contribution in [0.4, 0.5) is 5.82 Å². The summed E-state index contributed by atoms with van der Waals surface area (Å²) in [5.41, 5.74) is 0.878. The summed E-state index contributed by atoms with van der Waals surface area (Å²) < 4.78 is 2.07. The largest absolute Gasteiger partial charge is 0.368 e. The van der Waals surface area contributed by atoms with Gasteiger partial charge >= 0.3 is 0 Å². The Morgan fingerprint density at radius 3 is 2.94 bits per heavy atom. The van der Waals surface area contributed by atoms with E-state index in [0.29, 0.717) is 5.92 Å². The second-order valence-corrected chi connectivity index (χ2v) is 6.65. The van der Waals surface area contributed by atoms with Crippen molar-refractivity contribution in [2.45, 2.75) is 13.8 Å². The zero-order valence-corrected chi connectivity index (χ0v) is 12.1. The third-order valence-electron chi connectivity index (χ3n) is 1.99. The first kappa shape index (κ1) is 12.1. The molecule has 86 valence electrons. The summed E-state index contributed by atoms with van der Waals surface area (Å²) in [7, 11) is 0. The number of halogens is 2. The van der Waals surface area contributed by atoms with E-state index in [2.05, 4.69) is 45.1 Å². The van der Waals surface area contributed by atoms with Gasteiger partial charge in [-0.05, 0) is 39.5 Å². The topological polar surface area (TPSA) is 37.8 Å². The molecule has 16 heavy (non-hydrogen) atoms. The molecule has 3 nitrogen and oxygen atoms in total. The minimum absolute atomic E-state index is 0.282. The van der Waals surface area contributed by atoms with Crippen LogP contribution < -0.4 is 5.32 Å². The highest BCUT2D eigenvalue weighted by molar-refractivity contribution is 9.11. The summed E-state index contributed by atoms with van der Waals surface area (Å²) in [6.45, 7) is 5.17. The fourth-order valence-corrected chi connectivity index (χ4v) is 2.96. The van der Waals surface area contributed by atoms with E-state index in [4.69, 9.17) is 11.6 Å². The van der Waals surface area contributed by atoms with Crippen molar-refractivity contribution >= 4 is 54.9 Å². The molecule has 0 bridgehead atoms. The van der Waals surface area contributed by atoms with Crippen molar-refractivity contribution in [3.05, 3.63) is 15.1 Å². The Labute approximate surface area is 111 Å². The number of anilines is 1. The molecule has 1 N–H and O–H groups in total. The van der Waals surface area contributed by atoms with Gasteiger partial charge in [0.25, 0.3) is 0 Å². The van der Waals surface area contributed by atoms with Gasteiger partial charge in [0.15, 0.2) is 0 Å². The highest BCUT2D eigenvalue weighted by atomic mass is 79.9. The van der Waals surface area contributed by atoms with E-state index in [1.54, 1.807) is 11.3 Å². The quantitative estimate of drug-likeness (QED) is 0.862. The molecule has 0 unspecified atom stereocenters. The lowest BCUT2D eigenvalue weighted by Crippen LogP contribution is -2.09. The molecule has 0 fully saturated rings. The van der Waals surface area contributed by atoms with Gasteiger partial charge in [-0.25, -0.2) is 4.98 Å². The number of rotatable bonds is 3. The number of fused-ring (bicyclic) bond motifs is 1. The minimum atomic E-state index is 0.282. The van der Waals surface area contributed by atoms with Crippen molar-refractivity contribution in [1.29, 1.82) is 0 Å². The summed E-state index contributed by atoms with van der Waals surface area (Å²) in [6, 6.07) is 1.95. The normalized spacial score (nSPS) is 11.3. The van der Waals surface area contributed by atoms with Crippen LogP contribution in [0.5, 0.6) is 0 Å². The van der Waals surface area contributed by atoms with Crippen LogP contribution >= 0.6 is 38.9 Å². The van der Waals surface area contributed by atoms with Crippen LogP contribution in [0.2, 0.25) is 5.28 Å². The van der Waals surface area contributed by atoms with Crippen LogP contribution in [0, 0.1) is 5.92 Å². The van der Waals surface area contributed by atoms with Crippen molar-refractivity contribution in [3.8, 4) is 0 Å². The van der Waals surface area contributed by atoms with E-state index in [9.17, 15) is 0 Å². The number of aromatic nitrogens is 2. The van der Waals surface area contributed by atoms with Crippen LogP contribution in [0.15, 0.2) is 9.85 Å². The van der Waals surface area contributed by atoms with Gasteiger partial charge in [0, 0.05) is 6.54 Å². The zero-order valence-electron chi connectivity index (χ0n) is 8.92. The van der Waals surface area contributed by atoms with Crippen molar-refractivity contribution in [3.63, 3.8) is 0 Å². The Bertz CT molecular complexity index is 512. The van der Waals surface area contributed by atoms with Gasteiger partial charge in [-0.2, -0.15) is 4.98 Å². The van der Waals surface area contributed by atoms with Gasteiger partial charge in [0.1, 0.15) is 5.82 Å². The molecular weight excluding hydrogens is 310 g/mol. The fourth-order valence-electron chi connectivity index (χ4n) is 1.29. The average molecular weight is 321 g/mol. The molecule has 6 heteroatoms. The smallest absolute Gasteiger partial charge is 0.224 e. The van der Waals surface area contributed by atoms with Crippen LogP contribution in [0.3, 0.4) is 0 Å². The van der Waals surface area contributed by atoms with Crippen molar-refractivity contribution in [2.24, 2.45) is 5.92 Å². The molecule has 0 aliphatic carbocycles. The predicted octanol–water partition coefficient (Wildman–Crippen LogP) is 4.18. The predicted molar refractivity (Wildman–Crippen MR) is 73.5 cm³/mol. The van der Waals surface area contributed by atoms with Gasteiger partial charge < -0.3 is 5.32 Å². The zero-order chi connectivity index (χ0) is 11.7. The van der Waals surface area contributed by atoms with E-state index in [0.717, 1.165) is 26.4 Å². The molecule has 0 radical (unpaired) electrons. The number of nitrogens with zero attached hydrogens (tertiary/aromatic N) is 2. The second-order valence-electron chi connectivity index (χ2n) is 3.88. The summed E-state index contributed by atoms with van der Waals surface area (Å²) in [5, 5.41) is 3.58. The summed E-state index contributed by atoms with van der Waals surface area (Å²) in [4.78, 5) is 8.40. The second kappa shape index (κ2) is 4.85. The summed E-state index contributed by atoms with van der Waals surface area (Å²) >= 11 is 10.9. The lowest BCUT2D eigenvalue weighted by atomic mass is 10.2. The maximum absolute atomic E-state index is 5.88. The van der Waals surface area contributed by atoms with Crippen molar-refractivity contribution < 1.29 is 0 Å². The Kier molecular flexibility index (Phi) is 3.66. The maximum Gasteiger partial charge on any atom is 0.224 e. The Balaban J connectivity index is 2.41. The molecule has 2 heterocycles. The van der Waals surface area contributed by atoms with Gasteiger partial charge in [-0.1, -0.05) is 13.8 Å². The molecule has 0 spiro atoms. The molecule has 2 aromatic rings. The highest BCUT2D eigenvalue weighted by Crippen LogP contribution is 2.33. The van der Waals surface area contributed by atoms with E-state index in [1.807, 2.05) is 6.07 Å². The standard InChI is InChI=1S/C10H11BrClN3S/c1-5(2)4-13-9-8-6(3-7(11)16-8)14-10(12)15-9/h3,5H,4H2,1-2H3,(H,13,14,15). The molecule has 2 aromatic heterocycles. The van der Waals surface area contributed by atoms with E-state index >= 15 is 0 Å². The van der Waals surface area contributed by atoms with E-state index < -0.39 is 0 Å². The van der Waals surface area contributed by atoms with Crippen LogP contribution in [-0.4, -0.2) is 16.5 Å². The third kappa shape index (κ3) is 2.64. The summed E-state index contributed by atoms with van der Waals surface area (Å²) in [5.74, 6) is 1.38. The first-order chi connectivity index (χ1) is 7.56. The van der Waals surface area contributed by atoms with Crippen molar-refractivity contribution in [1.82, 2.24) is 9.97 Å². The minimum Gasteiger partial charge on any atom is -0.368 e. The monoisotopic (exact) mass is 319 g/mol. The van der Waals surface area contributed by atoms with E-state index in [1.165, 1.54) is 0 Å². The molecule has 0 amide bonds. The van der Waals surface area contributed by atoms with Gasteiger partial charge in [-0.15, -0.1) is 11.3 Å². The molecule has 0 saturated heterocycles. The van der Waals surface area contributed by atoms with Gasteiger partial charge in [0.2, 0.25) is 5.28 Å². The van der Waals surface area contributed by atoms with Crippen molar-refractivity contribution in [2.75, 3.05) is 11.9 Å². The van der Waals surface area contributed by atoms with E-state index in [-0.39, 0.29) is 5.28 Å². The first-order valence-corrected chi connectivity index (χ1v) is 6.91. The molecule has 0 atom stereocenters. The number of nitrogens with one attached hydrogen (secondary N) is 1. The molecule has 0 aliphatic heterocycles. The fraction of sp³-hybridized carbons (Fsp3) is 0.400. The SMILES string of the molecule is CC(C)CNc1nc(Cl)nc2cc(Br)sc12. The Morgan fingerprint density at radius 2 is 2.25 bits per heavy atom. The molecule has 0 saturated carbocycles.